The van der Waals surface area contributed by atoms with Gasteiger partial charge in [0.15, 0.2) is 23.1 Å². The molecule has 0 aliphatic rings. The number of Topliss-reactive ketones (excluding diaryl/α,β-unsaturated/α-hetero) is 4. The second kappa shape index (κ2) is 37.2. The molecule has 0 aliphatic carbocycles. The molecule has 120 heavy (non-hydrogen) atoms. The van der Waals surface area contributed by atoms with Gasteiger partial charge in [0, 0.05) is 69.2 Å². The van der Waals surface area contributed by atoms with Gasteiger partial charge in [0.1, 0.15) is 39.1 Å². The van der Waals surface area contributed by atoms with E-state index >= 15 is 0 Å². The molecular weight excluding hydrogens is 1710 g/mol. The van der Waals surface area contributed by atoms with Gasteiger partial charge < -0.3 is 39.4 Å². The Hall–Kier alpha value is -11.9. The first-order valence-corrected chi connectivity index (χ1v) is 43.5. The number of thiophene rings is 4. The number of amides is 4. The van der Waals surface area contributed by atoms with E-state index in [-0.39, 0.29) is 94.4 Å². The number of benzene rings is 4. The normalized spacial score (nSPS) is 14.7. The summed E-state index contributed by atoms with van der Waals surface area (Å²) in [5.41, 5.74) is -1.74. The monoisotopic (exact) mass is 1810 g/mol. The number of hydrogen-bond acceptors (Lipinski definition) is 28. The van der Waals surface area contributed by atoms with Crippen LogP contribution in [0.1, 0.15) is 228 Å². The van der Waals surface area contributed by atoms with Gasteiger partial charge in [-0.15, -0.1) is 45.3 Å². The van der Waals surface area contributed by atoms with Crippen molar-refractivity contribution in [2.45, 2.75) is 158 Å². The molecule has 0 atom stereocenters. The van der Waals surface area contributed by atoms with Crippen LogP contribution in [0.3, 0.4) is 0 Å². The van der Waals surface area contributed by atoms with Crippen LogP contribution in [0.4, 0.5) is 46.3 Å². The zero-order valence-electron chi connectivity index (χ0n) is 87.1. The molecule has 32 nitrogen and oxygen atoms in total. The maximum atomic E-state index is 13.3. The third-order valence-corrected chi connectivity index (χ3v) is 26.4. The summed E-state index contributed by atoms with van der Waals surface area (Å²) >= 11 is 3.12. The molecule has 0 fully saturated rings. The zero-order chi connectivity index (χ0) is 107. The smallest absolute Gasteiger partial charge is 0.267 e. The van der Waals surface area contributed by atoms with E-state index < -0.39 is 210 Å². The highest BCUT2D eigenvalue weighted by atomic mass is 32.2. The van der Waals surface area contributed by atoms with Crippen LogP contribution in [0.5, 0.6) is 0 Å². The molecule has 0 aliphatic heterocycles. The van der Waals surface area contributed by atoms with Crippen LogP contribution in [-0.2, 0) is 40.1 Å². The number of aryl methyl sites for hydroxylation is 10. The number of anilines is 8. The third-order valence-electron chi connectivity index (χ3n) is 16.8. The Balaban J connectivity index is 0.000000212. The number of sulfonamides is 4. The van der Waals surface area contributed by atoms with Crippen LogP contribution >= 0.6 is 45.3 Å². The van der Waals surface area contributed by atoms with Crippen LogP contribution in [-0.4, -0.2) is 101 Å². The van der Waals surface area contributed by atoms with Crippen LogP contribution in [0.2, 0.25) is 0 Å². The van der Waals surface area contributed by atoms with Crippen LogP contribution in [0.25, 0.3) is 0 Å². The summed E-state index contributed by atoms with van der Waals surface area (Å²) in [4.78, 5) is 98.7. The lowest BCUT2D eigenvalue weighted by molar-refractivity contribution is 0.100. The van der Waals surface area contributed by atoms with Crippen LogP contribution in [0.15, 0.2) is 132 Å². The van der Waals surface area contributed by atoms with Crippen molar-refractivity contribution < 1.29 is 120 Å². The minimum atomic E-state index is -4.68. The highest BCUT2D eigenvalue weighted by molar-refractivity contribution is 7.94. The standard InChI is InChI=1S/4C20H21N3O5S2/c4*1-10-8-11(2)17(15(9-10)14(5)24)21-19(25)18-16(6-7-29-18)30(26,27)23-20-12(3)13(4)22-28-20/h4*6-9,23H,1-5H3,(H,21,25)/i1D3,2D3,3D3,9D;1D3,2D3,9D;3D3,8D;8D. The minimum Gasteiger partial charge on any atom is -0.337 e. The predicted octanol–water partition coefficient (Wildman–Crippen LogP) is 16.9. The second-order valence-corrected chi connectivity index (χ2v) is 36.0. The zero-order valence-corrected chi connectivity index (χ0v) is 71.7. The van der Waals surface area contributed by atoms with Crippen LogP contribution in [0, 0.1) is 110 Å². The SMILES string of the molecule is [2H]c1c(C([2H])([2H])[2H])cc(C([2H])([2H])[2H])c(NC(=O)c2sccc2S(=O)(=O)Nc2onc(C)c2C([2H])([2H])[2H])c1C(C)=O.[2H]c1c(C([2H])([2H])[2H])cc(C([2H])([2H])[2H])c(NC(=O)c2sccc2S(=O)(=O)Nc2onc(C)c2C)c1C(C)=O.[2H]c1c(C)cc(C(C)=O)c(NC(=O)c2sccc2S(=O)(=O)Nc2onc(C)c2C([2H])([2H])[2H])c1C.[2H]c1c(C)cc(C(C)=O)c(NC(=O)c2sccc2S(=O)(=O)Nc2onc(C)c2C)c1C. The Morgan fingerprint density at radius 3 is 0.800 bits per heavy atom. The lowest BCUT2D eigenvalue weighted by Crippen LogP contribution is -2.20. The highest BCUT2D eigenvalue weighted by Crippen LogP contribution is 2.36. The number of carbonyl (C=O) groups is 8. The number of carbonyl (C=O) groups excluding carboxylic acids is 8. The Labute approximate surface area is 738 Å². The Morgan fingerprint density at radius 2 is 0.575 bits per heavy atom. The number of nitrogens with zero attached hydrogens (tertiary/aromatic N) is 4. The van der Waals surface area contributed by atoms with Gasteiger partial charge in [-0.25, -0.2) is 52.6 Å². The Bertz CT molecular complexity index is 7590. The van der Waals surface area contributed by atoms with E-state index in [2.05, 4.69) is 56.1 Å². The van der Waals surface area contributed by atoms with Crippen molar-refractivity contribution in [1.29, 1.82) is 0 Å². The molecule has 0 bridgehead atoms. The van der Waals surface area contributed by atoms with Crippen molar-refractivity contribution in [3.05, 3.63) is 226 Å². The van der Waals surface area contributed by atoms with E-state index in [9.17, 15) is 72.0 Å². The largest absolute Gasteiger partial charge is 0.337 e. The topological polar surface area (TPSA) is 473 Å². The maximum Gasteiger partial charge on any atom is 0.267 e. The first kappa shape index (κ1) is 65.0. The molecule has 0 radical (unpaired) electrons. The van der Waals surface area contributed by atoms with Gasteiger partial charge in [-0.05, 0) is 253 Å². The van der Waals surface area contributed by atoms with E-state index in [0.29, 0.717) is 62.2 Å². The summed E-state index contributed by atoms with van der Waals surface area (Å²) < 4.78 is 304. The molecule has 40 heteroatoms. The molecule has 0 saturated carbocycles. The average Bonchev–Trinajstić information content (AvgIpc) is 1.16. The summed E-state index contributed by atoms with van der Waals surface area (Å²) in [6.45, 7) is 2.97. The quantitative estimate of drug-likeness (QED) is 0.0260. The van der Waals surface area contributed by atoms with Crippen molar-refractivity contribution >= 4 is 178 Å². The summed E-state index contributed by atoms with van der Waals surface area (Å²) in [5, 5.41) is 29.4. The molecule has 4 amide bonds. The van der Waals surface area contributed by atoms with Crippen molar-refractivity contribution in [3.63, 3.8) is 0 Å². The van der Waals surface area contributed by atoms with Gasteiger partial charge >= 0.3 is 0 Å². The molecule has 12 aromatic rings. The van der Waals surface area contributed by atoms with E-state index in [4.69, 9.17) is 48.2 Å². The second-order valence-electron chi connectivity index (χ2n) is 25.7. The van der Waals surface area contributed by atoms with Gasteiger partial charge in [0.05, 0.1) is 51.0 Å². The molecular formula is C80H84N12O20S8. The van der Waals surface area contributed by atoms with Gasteiger partial charge in [-0.2, -0.15) is 0 Å². The minimum absolute atomic E-state index is 0.00112. The van der Waals surface area contributed by atoms with Gasteiger partial charge in [0.2, 0.25) is 23.5 Å². The lowest BCUT2D eigenvalue weighted by Gasteiger charge is -2.14. The summed E-state index contributed by atoms with van der Waals surface area (Å²) in [5.74, 6) is -7.64. The molecule has 8 N–H and O–H groups in total. The van der Waals surface area contributed by atoms with Gasteiger partial charge in [0.25, 0.3) is 63.7 Å². The van der Waals surface area contributed by atoms with Crippen molar-refractivity contribution in [3.8, 4) is 0 Å². The van der Waals surface area contributed by atoms with E-state index in [1.54, 1.807) is 55.4 Å². The number of rotatable bonds is 24. The fourth-order valence-electron chi connectivity index (χ4n) is 10.6. The molecule has 632 valence electrons. The lowest BCUT2D eigenvalue weighted by atomic mass is 10.0. The number of hydrogen-bond donors (Lipinski definition) is 8. The molecule has 8 aromatic heterocycles. The number of aromatic nitrogens is 4. The number of ketones is 4. The van der Waals surface area contributed by atoms with Crippen molar-refractivity contribution in [2.24, 2.45) is 0 Å². The van der Waals surface area contributed by atoms with E-state index in [1.165, 1.54) is 73.5 Å². The van der Waals surface area contributed by atoms with E-state index in [0.717, 1.165) is 66.1 Å². The molecule has 8 heterocycles. The van der Waals surface area contributed by atoms with Crippen LogP contribution < -0.4 is 40.2 Å². The van der Waals surface area contributed by atoms with Crippen molar-refractivity contribution in [1.82, 2.24) is 20.6 Å². The van der Waals surface area contributed by atoms with Crippen molar-refractivity contribution in [2.75, 3.05) is 40.2 Å². The summed E-state index contributed by atoms with van der Waals surface area (Å²) in [7, 11) is -17.6. The predicted molar refractivity (Wildman–Crippen MR) is 460 cm³/mol. The summed E-state index contributed by atoms with van der Waals surface area (Å²) in [6.07, 6.45) is 0. The Morgan fingerprint density at radius 1 is 0.325 bits per heavy atom. The van der Waals surface area contributed by atoms with E-state index in [1.807, 2.05) is 4.72 Å². The Kier molecular flexibility index (Phi) is 20.1. The molecule has 12 rings (SSSR count). The number of nitrogens with one attached hydrogen (secondary N) is 8. The van der Waals surface area contributed by atoms with Gasteiger partial charge in [-0.3, -0.25) is 38.4 Å². The molecule has 0 saturated heterocycles. The molecule has 0 spiro atoms. The first-order chi connectivity index (χ1) is 65.0. The summed E-state index contributed by atoms with van der Waals surface area (Å²) in [6, 6.07) is 7.83. The first-order valence-electron chi connectivity index (χ1n) is 45.1. The third kappa shape index (κ3) is 21.0. The average molecular weight is 1810 g/mol. The molecule has 4 aromatic carbocycles. The highest BCUT2D eigenvalue weighted by Gasteiger charge is 2.33. The molecule has 0 unspecified atom stereocenters. The maximum absolute atomic E-state index is 13.3. The fourth-order valence-corrected chi connectivity index (χ4v) is 20.0. The van der Waals surface area contributed by atoms with Gasteiger partial charge in [-0.1, -0.05) is 44.8 Å². The fraction of sp³-hybridized carbons (Fsp3) is 0.250.